The Kier molecular flexibility index (Phi) is 4.88. The summed E-state index contributed by atoms with van der Waals surface area (Å²) in [4.78, 5) is 25.0. The van der Waals surface area contributed by atoms with E-state index in [1.165, 1.54) is 12.5 Å². The van der Waals surface area contributed by atoms with Gasteiger partial charge >= 0.3 is 0 Å². The standard InChI is InChI=1S/C19H20N2O4/c1-13-3-6-16(7-4-13)24-10-9-21-17-8-5-15(20-14(2)22)11-18(17)25-12-19(21)23/h3-8,11H,9-10,12H2,1-2H3,(H,20,22). The summed E-state index contributed by atoms with van der Waals surface area (Å²) in [7, 11) is 0. The van der Waals surface area contributed by atoms with Gasteiger partial charge in [-0.25, -0.2) is 0 Å². The minimum atomic E-state index is -0.157. The van der Waals surface area contributed by atoms with E-state index in [9.17, 15) is 9.59 Å². The molecule has 1 aliphatic heterocycles. The van der Waals surface area contributed by atoms with Gasteiger partial charge in [-0.15, -0.1) is 0 Å². The van der Waals surface area contributed by atoms with Crippen LogP contribution in [0.15, 0.2) is 42.5 Å². The second-order valence-electron chi connectivity index (χ2n) is 5.86. The average molecular weight is 340 g/mol. The van der Waals surface area contributed by atoms with Gasteiger partial charge < -0.3 is 19.7 Å². The molecule has 2 aromatic carbocycles. The molecule has 2 amide bonds. The highest BCUT2D eigenvalue weighted by Gasteiger charge is 2.25. The van der Waals surface area contributed by atoms with Gasteiger partial charge in [0.1, 0.15) is 18.1 Å². The number of hydrogen-bond donors (Lipinski definition) is 1. The predicted octanol–water partition coefficient (Wildman–Crippen LogP) is 2.76. The van der Waals surface area contributed by atoms with Gasteiger partial charge in [0.15, 0.2) is 6.61 Å². The number of nitrogens with one attached hydrogen (secondary N) is 1. The number of fused-ring (bicyclic) bond motifs is 1. The Morgan fingerprint density at radius 1 is 1.24 bits per heavy atom. The molecule has 0 aliphatic carbocycles. The Bertz CT molecular complexity index is 787. The Morgan fingerprint density at radius 3 is 2.72 bits per heavy atom. The fourth-order valence-electron chi connectivity index (χ4n) is 2.62. The fourth-order valence-corrected chi connectivity index (χ4v) is 2.62. The molecule has 1 heterocycles. The summed E-state index contributed by atoms with van der Waals surface area (Å²) >= 11 is 0. The van der Waals surface area contributed by atoms with Crippen LogP contribution >= 0.6 is 0 Å². The number of rotatable bonds is 5. The summed E-state index contributed by atoms with van der Waals surface area (Å²) in [5.74, 6) is 1.07. The quantitative estimate of drug-likeness (QED) is 0.909. The van der Waals surface area contributed by atoms with Crippen LogP contribution in [0.1, 0.15) is 12.5 Å². The molecule has 0 atom stereocenters. The molecule has 25 heavy (non-hydrogen) atoms. The molecule has 6 nitrogen and oxygen atoms in total. The molecule has 0 spiro atoms. The van der Waals surface area contributed by atoms with E-state index in [-0.39, 0.29) is 18.4 Å². The van der Waals surface area contributed by atoms with Gasteiger partial charge in [-0.2, -0.15) is 0 Å². The molecule has 3 rings (SSSR count). The maximum atomic E-state index is 12.2. The number of carbonyl (C=O) groups is 2. The van der Waals surface area contributed by atoms with Crippen LogP contribution in [-0.4, -0.2) is 31.6 Å². The van der Waals surface area contributed by atoms with Crippen molar-refractivity contribution in [2.45, 2.75) is 13.8 Å². The van der Waals surface area contributed by atoms with E-state index in [1.54, 1.807) is 23.1 Å². The van der Waals surface area contributed by atoms with Gasteiger partial charge in [0, 0.05) is 18.7 Å². The van der Waals surface area contributed by atoms with Crippen LogP contribution < -0.4 is 19.7 Å². The number of hydrogen-bond acceptors (Lipinski definition) is 4. The Labute approximate surface area is 146 Å². The molecule has 0 unspecified atom stereocenters. The first-order valence-electron chi connectivity index (χ1n) is 8.07. The lowest BCUT2D eigenvalue weighted by atomic mass is 10.2. The van der Waals surface area contributed by atoms with E-state index < -0.39 is 0 Å². The summed E-state index contributed by atoms with van der Waals surface area (Å²) < 4.78 is 11.2. The summed E-state index contributed by atoms with van der Waals surface area (Å²) in [6.07, 6.45) is 0. The molecule has 1 N–H and O–H groups in total. The topological polar surface area (TPSA) is 67.9 Å². The highest BCUT2D eigenvalue weighted by atomic mass is 16.5. The van der Waals surface area contributed by atoms with Crippen molar-refractivity contribution >= 4 is 23.2 Å². The number of anilines is 2. The molecule has 1 aliphatic rings. The van der Waals surface area contributed by atoms with E-state index in [1.807, 2.05) is 31.2 Å². The smallest absolute Gasteiger partial charge is 0.265 e. The third-order valence-corrected chi connectivity index (χ3v) is 3.83. The highest BCUT2D eigenvalue weighted by molar-refractivity contribution is 5.98. The number of amides is 2. The van der Waals surface area contributed by atoms with Crippen LogP contribution in [0.25, 0.3) is 0 Å². The molecule has 2 aromatic rings. The molecular formula is C19H20N2O4. The van der Waals surface area contributed by atoms with E-state index in [0.29, 0.717) is 30.3 Å². The third kappa shape index (κ3) is 4.09. The van der Waals surface area contributed by atoms with Crippen LogP contribution in [0.2, 0.25) is 0 Å². The van der Waals surface area contributed by atoms with Gasteiger partial charge in [-0.3, -0.25) is 9.59 Å². The van der Waals surface area contributed by atoms with Crippen molar-refractivity contribution in [3.63, 3.8) is 0 Å². The van der Waals surface area contributed by atoms with Gasteiger partial charge in [0.05, 0.1) is 12.2 Å². The average Bonchev–Trinajstić information content (AvgIpc) is 2.58. The number of ether oxygens (including phenoxy) is 2. The number of aryl methyl sites for hydroxylation is 1. The molecule has 0 fully saturated rings. The minimum Gasteiger partial charge on any atom is -0.492 e. The predicted molar refractivity (Wildman–Crippen MR) is 95.3 cm³/mol. The molecule has 0 bridgehead atoms. The molecule has 0 radical (unpaired) electrons. The van der Waals surface area contributed by atoms with E-state index in [4.69, 9.17) is 9.47 Å². The second kappa shape index (κ2) is 7.25. The van der Waals surface area contributed by atoms with Crippen LogP contribution in [-0.2, 0) is 9.59 Å². The van der Waals surface area contributed by atoms with E-state index in [2.05, 4.69) is 5.32 Å². The van der Waals surface area contributed by atoms with Crippen molar-refractivity contribution in [1.82, 2.24) is 0 Å². The lowest BCUT2D eigenvalue weighted by Gasteiger charge is -2.29. The first-order valence-corrected chi connectivity index (χ1v) is 8.07. The van der Waals surface area contributed by atoms with E-state index >= 15 is 0 Å². The van der Waals surface area contributed by atoms with Crippen molar-refractivity contribution in [3.8, 4) is 11.5 Å². The first kappa shape index (κ1) is 16.8. The van der Waals surface area contributed by atoms with Gasteiger partial charge in [-0.05, 0) is 31.2 Å². The largest absolute Gasteiger partial charge is 0.492 e. The van der Waals surface area contributed by atoms with Crippen molar-refractivity contribution in [2.24, 2.45) is 0 Å². The summed E-state index contributed by atoms with van der Waals surface area (Å²) in [6.45, 7) is 4.23. The maximum Gasteiger partial charge on any atom is 0.265 e. The summed E-state index contributed by atoms with van der Waals surface area (Å²) in [5.41, 5.74) is 2.48. The molecule has 0 aromatic heterocycles. The second-order valence-corrected chi connectivity index (χ2v) is 5.86. The maximum absolute atomic E-state index is 12.2. The Balaban J connectivity index is 1.68. The van der Waals surface area contributed by atoms with Gasteiger partial charge in [-0.1, -0.05) is 17.7 Å². The molecule has 6 heteroatoms. The third-order valence-electron chi connectivity index (χ3n) is 3.83. The lowest BCUT2D eigenvalue weighted by molar-refractivity contribution is -0.121. The van der Waals surface area contributed by atoms with Crippen molar-refractivity contribution in [1.29, 1.82) is 0 Å². The van der Waals surface area contributed by atoms with Crippen LogP contribution in [0.3, 0.4) is 0 Å². The summed E-state index contributed by atoms with van der Waals surface area (Å²) in [5, 5.41) is 2.70. The number of benzene rings is 2. The monoisotopic (exact) mass is 340 g/mol. The first-order chi connectivity index (χ1) is 12.0. The van der Waals surface area contributed by atoms with Crippen molar-refractivity contribution in [2.75, 3.05) is 30.0 Å². The molecule has 0 saturated carbocycles. The van der Waals surface area contributed by atoms with Crippen LogP contribution in [0.5, 0.6) is 11.5 Å². The minimum absolute atomic E-state index is 0.0267. The number of carbonyl (C=O) groups excluding carboxylic acids is 2. The van der Waals surface area contributed by atoms with E-state index in [0.717, 1.165) is 5.75 Å². The van der Waals surface area contributed by atoms with Crippen molar-refractivity contribution in [3.05, 3.63) is 48.0 Å². The normalized spacial score (nSPS) is 13.0. The van der Waals surface area contributed by atoms with Crippen LogP contribution in [0.4, 0.5) is 11.4 Å². The van der Waals surface area contributed by atoms with Gasteiger partial charge in [0.2, 0.25) is 5.91 Å². The Hall–Kier alpha value is -3.02. The van der Waals surface area contributed by atoms with Crippen LogP contribution in [0, 0.1) is 6.92 Å². The van der Waals surface area contributed by atoms with Gasteiger partial charge in [0.25, 0.3) is 5.91 Å². The number of nitrogens with zero attached hydrogens (tertiary/aromatic N) is 1. The zero-order chi connectivity index (χ0) is 17.8. The highest BCUT2D eigenvalue weighted by Crippen LogP contribution is 2.34. The SMILES string of the molecule is CC(=O)Nc1ccc2c(c1)OCC(=O)N2CCOc1ccc(C)cc1. The van der Waals surface area contributed by atoms with Crippen molar-refractivity contribution < 1.29 is 19.1 Å². The zero-order valence-corrected chi connectivity index (χ0v) is 14.2. The molecule has 130 valence electrons. The zero-order valence-electron chi connectivity index (χ0n) is 14.2. The fraction of sp³-hybridized carbons (Fsp3) is 0.263. The Morgan fingerprint density at radius 2 is 2.00 bits per heavy atom. The lowest BCUT2D eigenvalue weighted by Crippen LogP contribution is -2.41. The molecule has 0 saturated heterocycles. The summed E-state index contributed by atoms with van der Waals surface area (Å²) in [6, 6.07) is 13.0. The molecular weight excluding hydrogens is 320 g/mol.